The molecule has 3 rings (SSSR count). The molecule has 0 saturated carbocycles. The van der Waals surface area contributed by atoms with E-state index in [0.29, 0.717) is 6.61 Å². The van der Waals surface area contributed by atoms with E-state index in [0.717, 1.165) is 28.3 Å². The van der Waals surface area contributed by atoms with Gasteiger partial charge in [-0.1, -0.05) is 29.4 Å². The zero-order valence-electron chi connectivity index (χ0n) is 11.7. The lowest BCUT2D eigenvalue weighted by molar-refractivity contribution is 0.305. The van der Waals surface area contributed by atoms with Crippen molar-refractivity contribution in [2.24, 2.45) is 0 Å². The predicted octanol–water partition coefficient (Wildman–Crippen LogP) is 3.93. The molecule has 0 aliphatic heterocycles. The summed E-state index contributed by atoms with van der Waals surface area (Å²) in [5.74, 6) is 1.63. The second-order valence-corrected chi connectivity index (χ2v) is 4.55. The lowest BCUT2D eigenvalue weighted by Crippen LogP contribution is -1.95. The van der Waals surface area contributed by atoms with Gasteiger partial charge in [-0.3, -0.25) is 0 Å². The third kappa shape index (κ3) is 3.23. The molecule has 0 amide bonds. The van der Waals surface area contributed by atoms with Crippen molar-refractivity contribution < 1.29 is 14.0 Å². The van der Waals surface area contributed by atoms with Crippen molar-refractivity contribution in [2.75, 3.05) is 7.11 Å². The summed E-state index contributed by atoms with van der Waals surface area (Å²) in [5.41, 5.74) is 2.95. The standard InChI is InChI=1S/C17H15NO3/c1-19-15-6-8-16(9-7-15)20-12-13-2-4-14(5-3-13)17-10-11-21-18-17/h2-11H,12H2,1H3. The van der Waals surface area contributed by atoms with E-state index in [1.54, 1.807) is 13.4 Å². The second-order valence-electron chi connectivity index (χ2n) is 4.55. The summed E-state index contributed by atoms with van der Waals surface area (Å²) in [7, 11) is 1.65. The SMILES string of the molecule is COc1ccc(OCc2ccc(-c3ccon3)cc2)cc1. The summed E-state index contributed by atoms with van der Waals surface area (Å²) in [6, 6.07) is 17.4. The molecule has 4 heteroatoms. The fourth-order valence-corrected chi connectivity index (χ4v) is 1.97. The van der Waals surface area contributed by atoms with Gasteiger partial charge in [-0.15, -0.1) is 0 Å². The Bertz CT molecular complexity index is 673. The summed E-state index contributed by atoms with van der Waals surface area (Å²) in [5, 5.41) is 3.91. The largest absolute Gasteiger partial charge is 0.497 e. The number of benzene rings is 2. The van der Waals surface area contributed by atoms with Gasteiger partial charge >= 0.3 is 0 Å². The monoisotopic (exact) mass is 281 g/mol. The molecule has 0 radical (unpaired) electrons. The molecule has 3 aromatic rings. The number of nitrogens with zero attached hydrogens (tertiary/aromatic N) is 1. The number of hydrogen-bond donors (Lipinski definition) is 0. The Balaban J connectivity index is 1.62. The Morgan fingerprint density at radius 3 is 2.24 bits per heavy atom. The molecular weight excluding hydrogens is 266 g/mol. The molecule has 21 heavy (non-hydrogen) atoms. The number of aromatic nitrogens is 1. The van der Waals surface area contributed by atoms with Crippen LogP contribution in [0.3, 0.4) is 0 Å². The Morgan fingerprint density at radius 2 is 1.62 bits per heavy atom. The molecule has 1 aromatic heterocycles. The molecule has 0 aliphatic rings. The maximum absolute atomic E-state index is 5.73. The fourth-order valence-electron chi connectivity index (χ4n) is 1.97. The highest BCUT2D eigenvalue weighted by atomic mass is 16.5. The van der Waals surface area contributed by atoms with Crippen LogP contribution >= 0.6 is 0 Å². The number of ether oxygens (including phenoxy) is 2. The first-order valence-corrected chi connectivity index (χ1v) is 6.62. The molecule has 0 fully saturated rings. The van der Waals surface area contributed by atoms with E-state index in [4.69, 9.17) is 14.0 Å². The average Bonchev–Trinajstić information content (AvgIpc) is 3.08. The first kappa shape index (κ1) is 13.2. The van der Waals surface area contributed by atoms with Gasteiger partial charge in [0.25, 0.3) is 0 Å². The quantitative estimate of drug-likeness (QED) is 0.710. The maximum Gasteiger partial charge on any atom is 0.124 e. The van der Waals surface area contributed by atoms with Gasteiger partial charge in [0.1, 0.15) is 30.1 Å². The van der Waals surface area contributed by atoms with Gasteiger partial charge in [-0.2, -0.15) is 0 Å². The lowest BCUT2D eigenvalue weighted by Gasteiger charge is -2.07. The molecule has 0 aliphatic carbocycles. The Morgan fingerprint density at radius 1 is 0.905 bits per heavy atom. The molecule has 106 valence electrons. The number of methoxy groups -OCH3 is 1. The average molecular weight is 281 g/mol. The van der Waals surface area contributed by atoms with Gasteiger partial charge in [-0.05, 0) is 29.8 Å². The van der Waals surface area contributed by atoms with Crippen LogP contribution in [0.25, 0.3) is 11.3 Å². The smallest absolute Gasteiger partial charge is 0.124 e. The third-order valence-electron chi connectivity index (χ3n) is 3.15. The number of rotatable bonds is 5. The molecular formula is C17H15NO3. The highest BCUT2D eigenvalue weighted by Crippen LogP contribution is 2.20. The number of hydrogen-bond acceptors (Lipinski definition) is 4. The molecule has 0 bridgehead atoms. The van der Waals surface area contributed by atoms with Crippen LogP contribution in [0.1, 0.15) is 5.56 Å². The molecule has 4 nitrogen and oxygen atoms in total. The van der Waals surface area contributed by atoms with Gasteiger partial charge in [0.2, 0.25) is 0 Å². The summed E-state index contributed by atoms with van der Waals surface area (Å²) in [6.45, 7) is 0.519. The van der Waals surface area contributed by atoms with Crippen LogP contribution in [0.15, 0.2) is 65.4 Å². The van der Waals surface area contributed by atoms with Crippen molar-refractivity contribution >= 4 is 0 Å². The van der Waals surface area contributed by atoms with Gasteiger partial charge in [0, 0.05) is 11.6 Å². The molecule has 2 aromatic carbocycles. The van der Waals surface area contributed by atoms with E-state index in [-0.39, 0.29) is 0 Å². The van der Waals surface area contributed by atoms with Crippen LogP contribution in [-0.4, -0.2) is 12.3 Å². The van der Waals surface area contributed by atoms with Crippen molar-refractivity contribution in [3.8, 4) is 22.8 Å². The minimum Gasteiger partial charge on any atom is -0.497 e. The first-order valence-electron chi connectivity index (χ1n) is 6.62. The summed E-state index contributed by atoms with van der Waals surface area (Å²) in [4.78, 5) is 0. The van der Waals surface area contributed by atoms with Gasteiger partial charge in [0.15, 0.2) is 0 Å². The van der Waals surface area contributed by atoms with Gasteiger partial charge < -0.3 is 14.0 Å². The van der Waals surface area contributed by atoms with E-state index < -0.39 is 0 Å². The zero-order chi connectivity index (χ0) is 14.5. The molecule has 0 unspecified atom stereocenters. The Hall–Kier alpha value is -2.75. The van der Waals surface area contributed by atoms with Crippen LogP contribution in [0.4, 0.5) is 0 Å². The van der Waals surface area contributed by atoms with E-state index in [1.165, 1.54) is 0 Å². The third-order valence-corrected chi connectivity index (χ3v) is 3.15. The highest BCUT2D eigenvalue weighted by Gasteiger charge is 2.02. The van der Waals surface area contributed by atoms with E-state index >= 15 is 0 Å². The topological polar surface area (TPSA) is 44.5 Å². The normalized spacial score (nSPS) is 10.3. The highest BCUT2D eigenvalue weighted by molar-refractivity contribution is 5.58. The van der Waals surface area contributed by atoms with E-state index in [2.05, 4.69) is 5.16 Å². The van der Waals surface area contributed by atoms with Crippen LogP contribution in [-0.2, 0) is 6.61 Å². The van der Waals surface area contributed by atoms with Crippen molar-refractivity contribution in [3.05, 3.63) is 66.4 Å². The molecule has 0 N–H and O–H groups in total. The Labute approximate surface area is 122 Å². The summed E-state index contributed by atoms with van der Waals surface area (Å²) in [6.07, 6.45) is 1.57. The maximum atomic E-state index is 5.73. The Kier molecular flexibility index (Phi) is 3.87. The van der Waals surface area contributed by atoms with Crippen LogP contribution < -0.4 is 9.47 Å². The molecule has 0 saturated heterocycles. The zero-order valence-corrected chi connectivity index (χ0v) is 11.7. The minimum atomic E-state index is 0.519. The van der Waals surface area contributed by atoms with Gasteiger partial charge in [-0.25, -0.2) is 0 Å². The molecule has 0 spiro atoms. The van der Waals surface area contributed by atoms with Crippen molar-refractivity contribution in [1.82, 2.24) is 5.16 Å². The molecule has 0 atom stereocenters. The predicted molar refractivity (Wildman–Crippen MR) is 79.3 cm³/mol. The van der Waals surface area contributed by atoms with Crippen molar-refractivity contribution in [3.63, 3.8) is 0 Å². The van der Waals surface area contributed by atoms with E-state index in [9.17, 15) is 0 Å². The first-order chi connectivity index (χ1) is 10.3. The van der Waals surface area contributed by atoms with Crippen molar-refractivity contribution in [1.29, 1.82) is 0 Å². The summed E-state index contributed by atoms with van der Waals surface area (Å²) >= 11 is 0. The second kappa shape index (κ2) is 6.13. The van der Waals surface area contributed by atoms with Gasteiger partial charge in [0.05, 0.1) is 7.11 Å². The molecule has 1 heterocycles. The van der Waals surface area contributed by atoms with Crippen molar-refractivity contribution in [2.45, 2.75) is 6.61 Å². The van der Waals surface area contributed by atoms with Crippen LogP contribution in [0.5, 0.6) is 11.5 Å². The fraction of sp³-hybridized carbons (Fsp3) is 0.118. The van der Waals surface area contributed by atoms with Crippen LogP contribution in [0, 0.1) is 0 Å². The summed E-state index contributed by atoms with van der Waals surface area (Å²) < 4.78 is 15.7. The van der Waals surface area contributed by atoms with E-state index in [1.807, 2.05) is 54.6 Å². The minimum absolute atomic E-state index is 0.519. The van der Waals surface area contributed by atoms with Crippen LogP contribution in [0.2, 0.25) is 0 Å². The lowest BCUT2D eigenvalue weighted by atomic mass is 10.1.